The summed E-state index contributed by atoms with van der Waals surface area (Å²) in [6, 6.07) is 16.1. The van der Waals surface area contributed by atoms with E-state index in [1.165, 1.54) is 16.0 Å². The molecule has 1 aliphatic rings. The molecular weight excluding hydrogens is 350 g/mol. The smallest absolute Gasteiger partial charge is 0.279 e. The molecule has 2 N–H and O–H groups in total. The second-order valence-electron chi connectivity index (χ2n) is 7.59. The van der Waals surface area contributed by atoms with Gasteiger partial charge in [-0.05, 0) is 43.0 Å². The fourth-order valence-electron chi connectivity index (χ4n) is 3.61. The molecule has 5 heteroatoms. The Morgan fingerprint density at radius 2 is 1.71 bits per heavy atom. The molecule has 0 spiro atoms. The molecule has 0 radical (unpaired) electrons. The van der Waals surface area contributed by atoms with Gasteiger partial charge in [0.05, 0.1) is 26.2 Å². The summed E-state index contributed by atoms with van der Waals surface area (Å²) in [5, 5.41) is 3.03. The number of hydrogen-bond donors (Lipinski definition) is 2. The van der Waals surface area contributed by atoms with Gasteiger partial charge < -0.3 is 15.1 Å². The average Bonchev–Trinajstić information content (AvgIpc) is 2.71. The van der Waals surface area contributed by atoms with Gasteiger partial charge in [-0.25, -0.2) is 0 Å². The van der Waals surface area contributed by atoms with Gasteiger partial charge in [0.15, 0.2) is 6.54 Å². The fourth-order valence-corrected chi connectivity index (χ4v) is 3.61. The predicted octanol–water partition coefficient (Wildman–Crippen LogP) is 1.60. The quantitative estimate of drug-likeness (QED) is 0.800. The Hall–Kier alpha value is -2.66. The molecule has 2 amide bonds. The summed E-state index contributed by atoms with van der Waals surface area (Å²) in [5.41, 5.74) is 4.37. The van der Waals surface area contributed by atoms with E-state index in [-0.39, 0.29) is 11.8 Å². The highest BCUT2D eigenvalue weighted by molar-refractivity contribution is 5.92. The van der Waals surface area contributed by atoms with Gasteiger partial charge in [0.25, 0.3) is 5.91 Å². The Kier molecular flexibility index (Phi) is 6.82. The number of anilines is 1. The van der Waals surface area contributed by atoms with Crippen molar-refractivity contribution in [1.29, 1.82) is 0 Å². The van der Waals surface area contributed by atoms with Crippen LogP contribution >= 0.6 is 0 Å². The lowest BCUT2D eigenvalue weighted by atomic mass is 10.1. The second kappa shape index (κ2) is 9.51. The van der Waals surface area contributed by atoms with Gasteiger partial charge in [-0.1, -0.05) is 42.5 Å². The molecule has 1 aliphatic heterocycles. The summed E-state index contributed by atoms with van der Waals surface area (Å²) in [7, 11) is 0. The lowest BCUT2D eigenvalue weighted by Crippen LogP contribution is -3.15. The van der Waals surface area contributed by atoms with Gasteiger partial charge in [0.1, 0.15) is 0 Å². The maximum atomic E-state index is 12.4. The van der Waals surface area contributed by atoms with E-state index in [4.69, 9.17) is 0 Å². The first-order valence-electron chi connectivity index (χ1n) is 10.0. The summed E-state index contributed by atoms with van der Waals surface area (Å²) in [4.78, 5) is 28.0. The van der Waals surface area contributed by atoms with Gasteiger partial charge in [0.2, 0.25) is 5.91 Å². The average molecular weight is 381 g/mol. The van der Waals surface area contributed by atoms with E-state index in [1.807, 2.05) is 55.1 Å². The zero-order valence-corrected chi connectivity index (χ0v) is 16.8. The zero-order valence-electron chi connectivity index (χ0n) is 16.8. The minimum atomic E-state index is 0.0348. The van der Waals surface area contributed by atoms with Crippen LogP contribution in [-0.4, -0.2) is 49.4 Å². The number of nitrogens with one attached hydrogen (secondary N) is 2. The highest BCUT2D eigenvalue weighted by Crippen LogP contribution is 2.17. The van der Waals surface area contributed by atoms with Crippen molar-refractivity contribution in [1.82, 2.24) is 4.90 Å². The second-order valence-corrected chi connectivity index (χ2v) is 7.59. The summed E-state index contributed by atoms with van der Waals surface area (Å²) in [5.74, 6) is 0.246. The molecular formula is C23H30N3O2+. The first-order valence-corrected chi connectivity index (χ1v) is 10.0. The first kappa shape index (κ1) is 20.1. The van der Waals surface area contributed by atoms with Crippen molar-refractivity contribution in [3.05, 3.63) is 65.2 Å². The third-order valence-electron chi connectivity index (χ3n) is 5.58. The third-order valence-corrected chi connectivity index (χ3v) is 5.58. The van der Waals surface area contributed by atoms with Crippen LogP contribution in [0.3, 0.4) is 0 Å². The van der Waals surface area contributed by atoms with Gasteiger partial charge in [-0.3, -0.25) is 9.59 Å². The SMILES string of the molecule is Cc1cccc(NC(=O)C[NH+]2CCN(C(=O)CCc3ccccc3)CC2)c1C. The maximum Gasteiger partial charge on any atom is 0.279 e. The molecule has 0 unspecified atom stereocenters. The number of amides is 2. The van der Waals surface area contributed by atoms with Crippen molar-refractivity contribution >= 4 is 17.5 Å². The third kappa shape index (κ3) is 5.42. The van der Waals surface area contributed by atoms with E-state index in [9.17, 15) is 9.59 Å². The summed E-state index contributed by atoms with van der Waals surface area (Å²) < 4.78 is 0. The molecule has 1 heterocycles. The number of rotatable bonds is 6. The number of benzene rings is 2. The zero-order chi connectivity index (χ0) is 19.9. The number of nitrogens with zero attached hydrogens (tertiary/aromatic N) is 1. The number of piperazine rings is 1. The van der Waals surface area contributed by atoms with Crippen molar-refractivity contribution in [2.75, 3.05) is 38.0 Å². The molecule has 1 saturated heterocycles. The van der Waals surface area contributed by atoms with Crippen LogP contribution in [0.4, 0.5) is 5.69 Å². The Morgan fingerprint density at radius 3 is 2.43 bits per heavy atom. The molecule has 0 aliphatic carbocycles. The van der Waals surface area contributed by atoms with Gasteiger partial charge in [-0.2, -0.15) is 0 Å². The van der Waals surface area contributed by atoms with Crippen LogP contribution in [0.5, 0.6) is 0 Å². The first-order chi connectivity index (χ1) is 13.5. The molecule has 2 aromatic carbocycles. The van der Waals surface area contributed by atoms with Gasteiger partial charge >= 0.3 is 0 Å². The maximum absolute atomic E-state index is 12.4. The lowest BCUT2D eigenvalue weighted by Gasteiger charge is -2.32. The number of carbonyl (C=O) groups is 2. The van der Waals surface area contributed by atoms with Crippen LogP contribution in [0, 0.1) is 13.8 Å². The molecule has 148 valence electrons. The standard InChI is InChI=1S/C23H29N3O2/c1-18-7-6-10-21(19(18)2)24-22(27)17-25-13-15-26(16-14-25)23(28)12-11-20-8-4-3-5-9-20/h3-10H,11-17H2,1-2H3,(H,24,27)/p+1. The van der Waals surface area contributed by atoms with Gasteiger partial charge in [-0.15, -0.1) is 0 Å². The summed E-state index contributed by atoms with van der Waals surface area (Å²) >= 11 is 0. The predicted molar refractivity (Wildman–Crippen MR) is 111 cm³/mol. The number of carbonyl (C=O) groups excluding carboxylic acids is 2. The highest BCUT2D eigenvalue weighted by Gasteiger charge is 2.25. The normalized spacial score (nSPS) is 14.7. The van der Waals surface area contributed by atoms with Crippen LogP contribution in [0.2, 0.25) is 0 Å². The van der Waals surface area contributed by atoms with Crippen molar-refractivity contribution in [3.63, 3.8) is 0 Å². The van der Waals surface area contributed by atoms with E-state index < -0.39 is 0 Å². The number of quaternary nitrogens is 1. The van der Waals surface area contributed by atoms with E-state index in [0.717, 1.165) is 43.9 Å². The van der Waals surface area contributed by atoms with E-state index in [1.54, 1.807) is 0 Å². The molecule has 1 fully saturated rings. The van der Waals surface area contributed by atoms with E-state index >= 15 is 0 Å². The molecule has 0 aromatic heterocycles. The Morgan fingerprint density at radius 1 is 1.00 bits per heavy atom. The minimum absolute atomic E-state index is 0.0348. The van der Waals surface area contributed by atoms with Crippen LogP contribution in [0.15, 0.2) is 48.5 Å². The Bertz CT molecular complexity index is 812. The van der Waals surface area contributed by atoms with Crippen LogP contribution < -0.4 is 10.2 Å². The molecule has 0 atom stereocenters. The van der Waals surface area contributed by atoms with Crippen molar-refractivity contribution in [2.45, 2.75) is 26.7 Å². The molecule has 5 nitrogen and oxygen atoms in total. The summed E-state index contributed by atoms with van der Waals surface area (Å²) in [6.45, 7) is 7.59. The Balaban J connectivity index is 1.41. The highest BCUT2D eigenvalue weighted by atomic mass is 16.2. The fraction of sp³-hybridized carbons (Fsp3) is 0.391. The van der Waals surface area contributed by atoms with Gasteiger partial charge in [0, 0.05) is 12.1 Å². The molecule has 0 bridgehead atoms. The largest absolute Gasteiger partial charge is 0.331 e. The van der Waals surface area contributed by atoms with Crippen molar-refractivity contribution < 1.29 is 14.5 Å². The minimum Gasteiger partial charge on any atom is -0.331 e. The topological polar surface area (TPSA) is 53.9 Å². The van der Waals surface area contributed by atoms with E-state index in [0.29, 0.717) is 13.0 Å². The molecule has 3 rings (SSSR count). The van der Waals surface area contributed by atoms with Crippen LogP contribution in [0.25, 0.3) is 0 Å². The van der Waals surface area contributed by atoms with Crippen LogP contribution in [0.1, 0.15) is 23.1 Å². The number of aryl methyl sites for hydroxylation is 2. The number of hydrogen-bond acceptors (Lipinski definition) is 2. The van der Waals surface area contributed by atoms with Crippen molar-refractivity contribution in [3.8, 4) is 0 Å². The molecule has 2 aromatic rings. The van der Waals surface area contributed by atoms with Crippen LogP contribution in [-0.2, 0) is 16.0 Å². The van der Waals surface area contributed by atoms with Crippen molar-refractivity contribution in [2.24, 2.45) is 0 Å². The van der Waals surface area contributed by atoms with E-state index in [2.05, 4.69) is 17.4 Å². The Labute approximate surface area is 167 Å². The monoisotopic (exact) mass is 380 g/mol. The lowest BCUT2D eigenvalue weighted by molar-refractivity contribution is -0.895. The molecule has 0 saturated carbocycles. The summed E-state index contributed by atoms with van der Waals surface area (Å²) in [6.07, 6.45) is 1.33. The molecule has 28 heavy (non-hydrogen) atoms.